The molecule has 0 bridgehead atoms. The molecule has 0 spiro atoms. The number of aromatic nitrogens is 2. The van der Waals surface area contributed by atoms with E-state index in [-0.39, 0.29) is 0 Å². The molecule has 1 aliphatic heterocycles. The normalized spacial score (nSPS) is 15.1. The Morgan fingerprint density at radius 3 is 2.27 bits per heavy atom. The van der Waals surface area contributed by atoms with Crippen LogP contribution in [0.3, 0.4) is 0 Å². The standard InChI is InChI=1S/C19H27N5O2/c1-25-17-5-4-15(12-18(17)26-2)16-13-21-19(22-14-16)24-10-8-23(9-11-24)7-3-6-20/h4-5,12-14H,3,6-11,20H2,1-2H3. The number of rotatable bonds is 7. The molecule has 2 heterocycles. The van der Waals surface area contributed by atoms with Gasteiger partial charge in [-0.05, 0) is 37.2 Å². The van der Waals surface area contributed by atoms with Gasteiger partial charge in [-0.25, -0.2) is 9.97 Å². The quantitative estimate of drug-likeness (QED) is 0.807. The molecule has 140 valence electrons. The van der Waals surface area contributed by atoms with Crippen molar-refractivity contribution in [1.29, 1.82) is 0 Å². The van der Waals surface area contributed by atoms with Gasteiger partial charge >= 0.3 is 0 Å². The van der Waals surface area contributed by atoms with Gasteiger partial charge in [0, 0.05) is 44.1 Å². The van der Waals surface area contributed by atoms with Crippen molar-refractivity contribution in [2.24, 2.45) is 5.73 Å². The lowest BCUT2D eigenvalue weighted by molar-refractivity contribution is 0.255. The summed E-state index contributed by atoms with van der Waals surface area (Å²) in [4.78, 5) is 13.8. The molecule has 1 aromatic heterocycles. The van der Waals surface area contributed by atoms with Crippen LogP contribution in [-0.4, -0.2) is 68.4 Å². The van der Waals surface area contributed by atoms with E-state index in [4.69, 9.17) is 15.2 Å². The molecule has 1 aliphatic rings. The monoisotopic (exact) mass is 357 g/mol. The average molecular weight is 357 g/mol. The molecule has 7 heteroatoms. The third-order valence-corrected chi connectivity index (χ3v) is 4.69. The molecule has 0 amide bonds. The van der Waals surface area contributed by atoms with Crippen molar-refractivity contribution in [1.82, 2.24) is 14.9 Å². The molecule has 0 saturated carbocycles. The zero-order chi connectivity index (χ0) is 18.4. The van der Waals surface area contributed by atoms with Crippen LogP contribution in [0, 0.1) is 0 Å². The molecule has 0 radical (unpaired) electrons. The predicted molar refractivity (Wildman–Crippen MR) is 103 cm³/mol. The fraction of sp³-hybridized carbons (Fsp3) is 0.474. The summed E-state index contributed by atoms with van der Waals surface area (Å²) in [6.45, 7) is 5.77. The van der Waals surface area contributed by atoms with Crippen LogP contribution < -0.4 is 20.1 Å². The first-order chi connectivity index (χ1) is 12.7. The number of piperazine rings is 1. The molecule has 26 heavy (non-hydrogen) atoms. The number of benzene rings is 1. The Hall–Kier alpha value is -2.38. The minimum Gasteiger partial charge on any atom is -0.493 e. The summed E-state index contributed by atoms with van der Waals surface area (Å²) in [5, 5.41) is 0. The SMILES string of the molecule is COc1ccc(-c2cnc(N3CCN(CCCN)CC3)nc2)cc1OC. The Balaban J connectivity index is 1.66. The van der Waals surface area contributed by atoms with Crippen molar-refractivity contribution in [2.45, 2.75) is 6.42 Å². The van der Waals surface area contributed by atoms with E-state index in [1.165, 1.54) is 0 Å². The Bertz CT molecular complexity index is 700. The van der Waals surface area contributed by atoms with Crippen molar-refractivity contribution in [2.75, 3.05) is 58.4 Å². The molecule has 3 rings (SSSR count). The minimum atomic E-state index is 0.697. The molecule has 2 aromatic rings. The molecule has 2 N–H and O–H groups in total. The number of nitrogens with zero attached hydrogens (tertiary/aromatic N) is 4. The van der Waals surface area contributed by atoms with Gasteiger partial charge in [0.05, 0.1) is 14.2 Å². The third-order valence-electron chi connectivity index (χ3n) is 4.69. The van der Waals surface area contributed by atoms with Crippen LogP contribution in [-0.2, 0) is 0 Å². The molecule has 0 unspecified atom stereocenters. The van der Waals surface area contributed by atoms with Gasteiger partial charge in [-0.15, -0.1) is 0 Å². The van der Waals surface area contributed by atoms with Crippen LogP contribution in [0.25, 0.3) is 11.1 Å². The lowest BCUT2D eigenvalue weighted by Crippen LogP contribution is -2.47. The van der Waals surface area contributed by atoms with E-state index in [2.05, 4.69) is 19.8 Å². The number of anilines is 1. The van der Waals surface area contributed by atoms with E-state index < -0.39 is 0 Å². The van der Waals surface area contributed by atoms with Gasteiger partial charge in [-0.1, -0.05) is 6.07 Å². The summed E-state index contributed by atoms with van der Waals surface area (Å²) in [5.41, 5.74) is 7.54. The fourth-order valence-corrected chi connectivity index (χ4v) is 3.14. The van der Waals surface area contributed by atoms with Crippen LogP contribution >= 0.6 is 0 Å². The predicted octanol–water partition coefficient (Wildman–Crippen LogP) is 1.63. The zero-order valence-corrected chi connectivity index (χ0v) is 15.5. The van der Waals surface area contributed by atoms with Gasteiger partial charge in [-0.2, -0.15) is 0 Å². The molecule has 0 atom stereocenters. The first kappa shape index (κ1) is 18.4. The molecule has 1 aromatic carbocycles. The summed E-state index contributed by atoms with van der Waals surface area (Å²) >= 11 is 0. The van der Waals surface area contributed by atoms with Gasteiger partial charge in [0.25, 0.3) is 0 Å². The maximum absolute atomic E-state index is 5.59. The number of nitrogens with two attached hydrogens (primary N) is 1. The Labute approximate surface area is 154 Å². The highest BCUT2D eigenvalue weighted by atomic mass is 16.5. The van der Waals surface area contributed by atoms with Crippen LogP contribution in [0.4, 0.5) is 5.95 Å². The number of methoxy groups -OCH3 is 2. The second-order valence-electron chi connectivity index (χ2n) is 6.31. The first-order valence-electron chi connectivity index (χ1n) is 8.97. The van der Waals surface area contributed by atoms with Gasteiger partial charge in [-0.3, -0.25) is 4.90 Å². The summed E-state index contributed by atoms with van der Waals surface area (Å²) in [6.07, 6.45) is 4.78. The number of hydrogen-bond acceptors (Lipinski definition) is 7. The van der Waals surface area contributed by atoms with Crippen molar-refractivity contribution in [3.8, 4) is 22.6 Å². The summed E-state index contributed by atoms with van der Waals surface area (Å²) in [5.74, 6) is 2.19. The van der Waals surface area contributed by atoms with Crippen LogP contribution in [0.2, 0.25) is 0 Å². The topological polar surface area (TPSA) is 76.7 Å². The Morgan fingerprint density at radius 2 is 1.65 bits per heavy atom. The van der Waals surface area contributed by atoms with E-state index in [0.29, 0.717) is 11.5 Å². The second kappa shape index (κ2) is 8.82. The van der Waals surface area contributed by atoms with E-state index in [1.807, 2.05) is 30.6 Å². The average Bonchev–Trinajstić information content (AvgIpc) is 2.72. The van der Waals surface area contributed by atoms with E-state index in [0.717, 1.165) is 62.8 Å². The molecule has 0 aliphatic carbocycles. The number of ether oxygens (including phenoxy) is 2. The Morgan fingerprint density at radius 1 is 0.962 bits per heavy atom. The van der Waals surface area contributed by atoms with Gasteiger partial charge in [0.2, 0.25) is 5.95 Å². The third kappa shape index (κ3) is 4.23. The molecule has 1 fully saturated rings. The van der Waals surface area contributed by atoms with Gasteiger partial charge in [0.15, 0.2) is 11.5 Å². The zero-order valence-electron chi connectivity index (χ0n) is 15.5. The second-order valence-corrected chi connectivity index (χ2v) is 6.31. The highest BCUT2D eigenvalue weighted by molar-refractivity contribution is 5.66. The largest absolute Gasteiger partial charge is 0.493 e. The molecular formula is C19H27N5O2. The summed E-state index contributed by atoms with van der Waals surface area (Å²) in [6, 6.07) is 5.81. The summed E-state index contributed by atoms with van der Waals surface area (Å²) < 4.78 is 10.7. The van der Waals surface area contributed by atoms with E-state index >= 15 is 0 Å². The van der Waals surface area contributed by atoms with Gasteiger partial charge < -0.3 is 20.1 Å². The fourth-order valence-electron chi connectivity index (χ4n) is 3.14. The summed E-state index contributed by atoms with van der Waals surface area (Å²) in [7, 11) is 3.26. The van der Waals surface area contributed by atoms with Crippen LogP contribution in [0.15, 0.2) is 30.6 Å². The highest BCUT2D eigenvalue weighted by Gasteiger charge is 2.18. The van der Waals surface area contributed by atoms with Crippen LogP contribution in [0.1, 0.15) is 6.42 Å². The highest BCUT2D eigenvalue weighted by Crippen LogP contribution is 2.32. The first-order valence-corrected chi connectivity index (χ1v) is 8.97. The van der Waals surface area contributed by atoms with E-state index in [1.54, 1.807) is 14.2 Å². The van der Waals surface area contributed by atoms with Crippen molar-refractivity contribution < 1.29 is 9.47 Å². The van der Waals surface area contributed by atoms with Crippen molar-refractivity contribution in [3.05, 3.63) is 30.6 Å². The lowest BCUT2D eigenvalue weighted by atomic mass is 10.1. The molecule has 7 nitrogen and oxygen atoms in total. The van der Waals surface area contributed by atoms with Gasteiger partial charge in [0.1, 0.15) is 0 Å². The number of hydrogen-bond donors (Lipinski definition) is 1. The molecule has 1 saturated heterocycles. The van der Waals surface area contributed by atoms with Crippen LogP contribution in [0.5, 0.6) is 11.5 Å². The van der Waals surface area contributed by atoms with Crippen molar-refractivity contribution in [3.63, 3.8) is 0 Å². The maximum Gasteiger partial charge on any atom is 0.225 e. The Kier molecular flexibility index (Phi) is 6.25. The van der Waals surface area contributed by atoms with Crippen molar-refractivity contribution >= 4 is 5.95 Å². The lowest BCUT2D eigenvalue weighted by Gasteiger charge is -2.34. The maximum atomic E-state index is 5.59. The molecular weight excluding hydrogens is 330 g/mol. The minimum absolute atomic E-state index is 0.697. The smallest absolute Gasteiger partial charge is 0.225 e. The van der Waals surface area contributed by atoms with E-state index in [9.17, 15) is 0 Å².